The number of carbonyl (C=O) groups excluding carboxylic acids is 1. The van der Waals surface area contributed by atoms with Crippen molar-refractivity contribution < 1.29 is 4.79 Å². The second-order valence-corrected chi connectivity index (χ2v) is 6.05. The number of hydrogen-bond donors (Lipinski definition) is 0. The van der Waals surface area contributed by atoms with Crippen molar-refractivity contribution >= 4 is 62.5 Å². The topological polar surface area (TPSA) is 17.1 Å². The van der Waals surface area contributed by atoms with E-state index < -0.39 is 0 Å². The lowest BCUT2D eigenvalue weighted by atomic mass is 10.0. The van der Waals surface area contributed by atoms with Crippen LogP contribution in [0.15, 0.2) is 36.4 Å². The summed E-state index contributed by atoms with van der Waals surface area (Å²) in [4.78, 5) is 11.4. The highest BCUT2D eigenvalue weighted by molar-refractivity contribution is 9.15. The molecule has 0 aromatic heterocycles. The van der Waals surface area contributed by atoms with Gasteiger partial charge in [0.05, 0.1) is 4.83 Å². The summed E-state index contributed by atoms with van der Waals surface area (Å²) in [5.41, 5.74) is 2.08. The lowest BCUT2D eigenvalue weighted by molar-refractivity contribution is -0.113. The van der Waals surface area contributed by atoms with Crippen LogP contribution in [0, 0.1) is 0 Å². The van der Waals surface area contributed by atoms with Crippen LogP contribution in [0.4, 0.5) is 0 Å². The fraction of sp³-hybridized carbons (Fsp3) is 0.0833. The Labute approximate surface area is 119 Å². The third-order valence-corrected chi connectivity index (χ3v) is 4.34. The average molecular weight is 407 g/mol. The smallest absolute Gasteiger partial charge is 0.174 e. The molecule has 1 nitrogen and oxygen atoms in total. The minimum atomic E-state index is -0.289. The molecule has 0 saturated carbocycles. The SMILES string of the molecule is O=C1/C=C(/Br)c2ccccc2/C(Br)=C\C1Br. The molecule has 1 aliphatic carbocycles. The van der Waals surface area contributed by atoms with Gasteiger partial charge in [0, 0.05) is 8.96 Å². The maximum Gasteiger partial charge on any atom is 0.174 e. The molecule has 0 spiro atoms. The highest BCUT2D eigenvalue weighted by Crippen LogP contribution is 2.35. The minimum absolute atomic E-state index is 0.0262. The molecule has 1 aromatic carbocycles. The van der Waals surface area contributed by atoms with Crippen LogP contribution in [-0.2, 0) is 4.79 Å². The van der Waals surface area contributed by atoms with E-state index in [0.717, 1.165) is 20.1 Å². The largest absolute Gasteiger partial charge is 0.293 e. The molecule has 16 heavy (non-hydrogen) atoms. The summed E-state index contributed by atoms with van der Waals surface area (Å²) in [5.74, 6) is 0.0262. The predicted molar refractivity (Wildman–Crippen MR) is 78.0 cm³/mol. The molecule has 1 unspecified atom stereocenters. The Morgan fingerprint density at radius 2 is 1.56 bits per heavy atom. The first-order valence-corrected chi connectivity index (χ1v) is 7.12. The molecular formula is C12H7Br3O. The van der Waals surface area contributed by atoms with E-state index in [1.165, 1.54) is 0 Å². The maximum absolute atomic E-state index is 11.7. The van der Waals surface area contributed by atoms with Gasteiger partial charge in [0.1, 0.15) is 0 Å². The van der Waals surface area contributed by atoms with Crippen molar-refractivity contribution in [2.75, 3.05) is 0 Å². The molecule has 1 atom stereocenters. The molecule has 0 bridgehead atoms. The first-order valence-electron chi connectivity index (χ1n) is 4.62. The van der Waals surface area contributed by atoms with E-state index in [9.17, 15) is 4.79 Å². The van der Waals surface area contributed by atoms with Crippen LogP contribution in [-0.4, -0.2) is 10.6 Å². The van der Waals surface area contributed by atoms with E-state index >= 15 is 0 Å². The third kappa shape index (κ3) is 2.39. The van der Waals surface area contributed by atoms with Gasteiger partial charge in [0.2, 0.25) is 0 Å². The van der Waals surface area contributed by atoms with E-state index in [0.29, 0.717) is 0 Å². The Morgan fingerprint density at radius 3 is 2.19 bits per heavy atom. The molecule has 0 amide bonds. The summed E-state index contributed by atoms with van der Waals surface area (Å²) in [6.07, 6.45) is 3.46. The molecule has 1 aliphatic rings. The number of ketones is 1. The molecule has 0 N–H and O–H groups in total. The van der Waals surface area contributed by atoms with Gasteiger partial charge in [-0.2, -0.15) is 0 Å². The zero-order chi connectivity index (χ0) is 11.7. The summed E-state index contributed by atoms with van der Waals surface area (Å²) in [5, 5.41) is 0. The molecule has 1 aromatic rings. The molecule has 0 fully saturated rings. The van der Waals surface area contributed by atoms with Gasteiger partial charge in [-0.15, -0.1) is 0 Å². The van der Waals surface area contributed by atoms with E-state index in [4.69, 9.17) is 0 Å². The highest BCUT2D eigenvalue weighted by atomic mass is 79.9. The van der Waals surface area contributed by atoms with Crippen molar-refractivity contribution in [2.45, 2.75) is 4.83 Å². The number of carbonyl (C=O) groups is 1. The first kappa shape index (κ1) is 12.3. The molecule has 82 valence electrons. The van der Waals surface area contributed by atoms with Gasteiger partial charge in [-0.25, -0.2) is 0 Å². The third-order valence-electron chi connectivity index (χ3n) is 2.28. The van der Waals surface area contributed by atoms with Crippen LogP contribution < -0.4 is 0 Å². The Bertz CT molecular complexity index is 503. The van der Waals surface area contributed by atoms with Crippen molar-refractivity contribution in [3.63, 3.8) is 0 Å². The Kier molecular flexibility index (Phi) is 3.82. The molecular weight excluding hydrogens is 400 g/mol. The van der Waals surface area contributed by atoms with Crippen molar-refractivity contribution in [3.05, 3.63) is 47.5 Å². The van der Waals surface area contributed by atoms with Crippen LogP contribution in [0.25, 0.3) is 8.96 Å². The van der Waals surface area contributed by atoms with Crippen molar-refractivity contribution in [2.24, 2.45) is 0 Å². The molecule has 0 heterocycles. The number of allylic oxidation sites excluding steroid dienone is 2. The van der Waals surface area contributed by atoms with Crippen molar-refractivity contribution in [3.8, 4) is 0 Å². The fourth-order valence-electron chi connectivity index (χ4n) is 1.48. The number of alkyl halides is 1. The van der Waals surface area contributed by atoms with E-state index in [2.05, 4.69) is 47.8 Å². The fourth-order valence-corrected chi connectivity index (χ4v) is 3.41. The second kappa shape index (κ2) is 4.98. The van der Waals surface area contributed by atoms with E-state index in [-0.39, 0.29) is 10.6 Å². The minimum Gasteiger partial charge on any atom is -0.293 e. The quantitative estimate of drug-likeness (QED) is 0.579. The molecule has 4 heteroatoms. The number of benzene rings is 1. The van der Waals surface area contributed by atoms with Gasteiger partial charge in [0.15, 0.2) is 5.78 Å². The highest BCUT2D eigenvalue weighted by Gasteiger charge is 2.17. The summed E-state index contributed by atoms with van der Waals surface area (Å²) >= 11 is 10.3. The summed E-state index contributed by atoms with van der Waals surface area (Å²) in [6, 6.07) is 7.92. The standard InChI is InChI=1S/C12H7Br3O/c13-9-5-11(15)12(16)6-10(14)8-4-2-1-3-7(8)9/h1-6,11H/b9-5+,10-6+. The van der Waals surface area contributed by atoms with Crippen LogP contribution in [0.2, 0.25) is 0 Å². The number of halogens is 3. The van der Waals surface area contributed by atoms with Gasteiger partial charge < -0.3 is 0 Å². The monoisotopic (exact) mass is 404 g/mol. The summed E-state index contributed by atoms with van der Waals surface area (Å²) < 4.78 is 1.73. The molecule has 0 saturated heterocycles. The van der Waals surface area contributed by atoms with Crippen LogP contribution in [0.3, 0.4) is 0 Å². The number of fused-ring (bicyclic) bond motifs is 1. The second-order valence-electron chi connectivity index (χ2n) is 3.36. The van der Waals surface area contributed by atoms with Gasteiger partial charge in [-0.3, -0.25) is 4.79 Å². The van der Waals surface area contributed by atoms with Gasteiger partial charge in [0.25, 0.3) is 0 Å². The Balaban J connectivity index is 2.67. The van der Waals surface area contributed by atoms with Gasteiger partial charge >= 0.3 is 0 Å². The predicted octanol–water partition coefficient (Wildman–Crippen LogP) is 4.50. The molecule has 2 rings (SSSR count). The van der Waals surface area contributed by atoms with Crippen LogP contribution in [0.1, 0.15) is 11.1 Å². The van der Waals surface area contributed by atoms with E-state index in [1.807, 2.05) is 30.3 Å². The van der Waals surface area contributed by atoms with Crippen LogP contribution >= 0.6 is 47.8 Å². The Morgan fingerprint density at radius 1 is 1.00 bits per heavy atom. The van der Waals surface area contributed by atoms with Crippen LogP contribution in [0.5, 0.6) is 0 Å². The molecule has 0 aliphatic heterocycles. The first-order chi connectivity index (χ1) is 7.59. The zero-order valence-electron chi connectivity index (χ0n) is 8.08. The average Bonchev–Trinajstić information content (AvgIpc) is 2.27. The lowest BCUT2D eigenvalue weighted by Crippen LogP contribution is -2.10. The number of rotatable bonds is 0. The maximum atomic E-state index is 11.7. The zero-order valence-corrected chi connectivity index (χ0v) is 12.8. The van der Waals surface area contributed by atoms with Gasteiger partial charge in [-0.05, 0) is 23.3 Å². The van der Waals surface area contributed by atoms with Crippen molar-refractivity contribution in [1.82, 2.24) is 0 Å². The lowest BCUT2D eigenvalue weighted by Gasteiger charge is -2.12. The summed E-state index contributed by atoms with van der Waals surface area (Å²) in [6.45, 7) is 0. The van der Waals surface area contributed by atoms with Crippen molar-refractivity contribution in [1.29, 1.82) is 0 Å². The normalized spacial score (nSPS) is 26.9. The Hall–Kier alpha value is -0.190. The number of hydrogen-bond acceptors (Lipinski definition) is 1. The van der Waals surface area contributed by atoms with Gasteiger partial charge in [-0.1, -0.05) is 72.1 Å². The molecule has 0 radical (unpaired) electrons. The van der Waals surface area contributed by atoms with E-state index in [1.54, 1.807) is 6.08 Å². The summed E-state index contributed by atoms with van der Waals surface area (Å²) in [7, 11) is 0.